The zero-order chi connectivity index (χ0) is 26.0. The molecule has 0 saturated carbocycles. The molecule has 2 N–H and O–H groups in total. The molecule has 1 atom stereocenters. The van der Waals surface area contributed by atoms with E-state index in [1.54, 1.807) is 18.2 Å². The van der Waals surface area contributed by atoms with Gasteiger partial charge in [-0.2, -0.15) is 0 Å². The van der Waals surface area contributed by atoms with Crippen LogP contribution >= 0.6 is 0 Å². The van der Waals surface area contributed by atoms with Gasteiger partial charge in [0.15, 0.2) is 0 Å². The highest BCUT2D eigenvalue weighted by molar-refractivity contribution is 5.98. The highest BCUT2D eigenvalue weighted by Crippen LogP contribution is 2.15. The second kappa shape index (κ2) is 10.2. The van der Waals surface area contributed by atoms with Crippen LogP contribution in [0.4, 0.5) is 5.69 Å². The molecule has 36 heavy (non-hydrogen) atoms. The van der Waals surface area contributed by atoms with E-state index in [1.807, 2.05) is 45.9 Å². The summed E-state index contributed by atoms with van der Waals surface area (Å²) in [6, 6.07) is 12.0. The third-order valence-electron chi connectivity index (χ3n) is 6.07. The third-order valence-corrected chi connectivity index (χ3v) is 6.07. The fourth-order valence-corrected chi connectivity index (χ4v) is 4.05. The number of anilines is 1. The van der Waals surface area contributed by atoms with E-state index in [-0.39, 0.29) is 35.3 Å². The fraction of sp³-hybridized carbons (Fsp3) is 0.346. The maximum absolute atomic E-state index is 13.4. The Labute approximate surface area is 207 Å². The van der Waals surface area contributed by atoms with E-state index in [0.29, 0.717) is 29.6 Å². The smallest absolute Gasteiger partial charge is 0.350 e. The number of amides is 2. The second-order valence-corrected chi connectivity index (χ2v) is 8.96. The molecule has 4 aromatic rings. The molecule has 10 nitrogen and oxygen atoms in total. The summed E-state index contributed by atoms with van der Waals surface area (Å²) in [5.41, 5.74) is 1.32. The number of fused-ring (bicyclic) bond motifs is 3. The molecule has 2 aromatic heterocycles. The van der Waals surface area contributed by atoms with Crippen molar-refractivity contribution in [1.29, 1.82) is 0 Å². The van der Waals surface area contributed by atoms with E-state index >= 15 is 0 Å². The van der Waals surface area contributed by atoms with Crippen LogP contribution in [0.2, 0.25) is 0 Å². The van der Waals surface area contributed by atoms with E-state index in [4.69, 9.17) is 0 Å². The number of aryl methyl sites for hydroxylation is 2. The number of nitrogens with one attached hydrogen (secondary N) is 2. The van der Waals surface area contributed by atoms with Gasteiger partial charge in [0.25, 0.3) is 11.5 Å². The Morgan fingerprint density at radius 2 is 1.86 bits per heavy atom. The van der Waals surface area contributed by atoms with Gasteiger partial charge >= 0.3 is 5.69 Å². The van der Waals surface area contributed by atoms with Gasteiger partial charge in [0.2, 0.25) is 11.7 Å². The summed E-state index contributed by atoms with van der Waals surface area (Å²) in [5, 5.41) is 10.3. The normalized spacial score (nSPS) is 12.1. The maximum Gasteiger partial charge on any atom is 0.352 e. The monoisotopic (exact) mass is 490 g/mol. The summed E-state index contributed by atoms with van der Waals surface area (Å²) in [6.07, 6.45) is 1.41. The number of aromatic nitrogens is 4. The van der Waals surface area contributed by atoms with Crippen LogP contribution in [0, 0.1) is 6.92 Å². The lowest BCUT2D eigenvalue weighted by molar-refractivity contribution is -0.117. The van der Waals surface area contributed by atoms with Crippen LogP contribution in [0.15, 0.2) is 52.1 Å². The molecule has 188 valence electrons. The lowest BCUT2D eigenvalue weighted by Gasteiger charge is -2.13. The average Bonchev–Trinajstić information content (AvgIpc) is 3.16. The minimum absolute atomic E-state index is 0.0249. The van der Waals surface area contributed by atoms with Crippen molar-refractivity contribution in [2.24, 2.45) is 0 Å². The molecule has 0 radical (unpaired) electrons. The Hall–Kier alpha value is -4.21. The summed E-state index contributed by atoms with van der Waals surface area (Å²) >= 11 is 0. The summed E-state index contributed by atoms with van der Waals surface area (Å²) in [7, 11) is 0. The quantitative estimate of drug-likeness (QED) is 0.394. The van der Waals surface area contributed by atoms with Gasteiger partial charge < -0.3 is 10.6 Å². The van der Waals surface area contributed by atoms with Crippen LogP contribution in [0.3, 0.4) is 0 Å². The first-order chi connectivity index (χ1) is 17.2. The Morgan fingerprint density at radius 1 is 1.08 bits per heavy atom. The van der Waals surface area contributed by atoms with E-state index in [2.05, 4.69) is 15.7 Å². The SMILES string of the molecule is CCCn1c(=O)c2ccc(C(=O)NC(C)CC)cc2n2c(=O)n(CC(=O)Nc3cccc(C)c3)nc12. The minimum Gasteiger partial charge on any atom is -0.350 e. The van der Waals surface area contributed by atoms with Crippen LogP contribution in [-0.2, 0) is 17.9 Å². The molecule has 0 aliphatic heterocycles. The van der Waals surface area contributed by atoms with Gasteiger partial charge in [0, 0.05) is 23.8 Å². The number of hydrogen-bond acceptors (Lipinski definition) is 5. The van der Waals surface area contributed by atoms with Crippen molar-refractivity contribution in [1.82, 2.24) is 24.1 Å². The van der Waals surface area contributed by atoms with Gasteiger partial charge in [0.05, 0.1) is 10.9 Å². The molecular formula is C26H30N6O4. The van der Waals surface area contributed by atoms with Crippen LogP contribution in [0.25, 0.3) is 16.7 Å². The lowest BCUT2D eigenvalue weighted by atomic mass is 10.1. The van der Waals surface area contributed by atoms with Crippen molar-refractivity contribution >= 4 is 34.2 Å². The van der Waals surface area contributed by atoms with Gasteiger partial charge in [0.1, 0.15) is 6.54 Å². The van der Waals surface area contributed by atoms with E-state index in [1.165, 1.54) is 15.0 Å². The summed E-state index contributed by atoms with van der Waals surface area (Å²) in [6.45, 7) is 7.72. The second-order valence-electron chi connectivity index (χ2n) is 8.96. The molecule has 0 saturated heterocycles. The molecule has 10 heteroatoms. The highest BCUT2D eigenvalue weighted by Gasteiger charge is 2.20. The third kappa shape index (κ3) is 4.79. The van der Waals surface area contributed by atoms with Crippen molar-refractivity contribution in [3.8, 4) is 0 Å². The van der Waals surface area contributed by atoms with E-state index in [0.717, 1.165) is 16.7 Å². The molecule has 0 aliphatic carbocycles. The maximum atomic E-state index is 13.4. The Morgan fingerprint density at radius 3 is 2.56 bits per heavy atom. The molecule has 4 rings (SSSR count). The molecule has 0 aliphatic rings. The highest BCUT2D eigenvalue weighted by atomic mass is 16.2. The van der Waals surface area contributed by atoms with Gasteiger partial charge in [-0.15, -0.1) is 5.10 Å². The molecule has 2 amide bonds. The van der Waals surface area contributed by atoms with Crippen molar-refractivity contribution in [2.45, 2.75) is 59.7 Å². The number of hydrogen-bond donors (Lipinski definition) is 2. The molecule has 2 aromatic carbocycles. The molecule has 2 heterocycles. The number of carbonyl (C=O) groups is 2. The minimum atomic E-state index is -0.571. The van der Waals surface area contributed by atoms with Gasteiger partial charge in [-0.1, -0.05) is 26.0 Å². The van der Waals surface area contributed by atoms with E-state index in [9.17, 15) is 19.2 Å². The van der Waals surface area contributed by atoms with E-state index < -0.39 is 11.6 Å². The lowest BCUT2D eigenvalue weighted by Crippen LogP contribution is -2.32. The first-order valence-electron chi connectivity index (χ1n) is 12.1. The molecule has 0 fully saturated rings. The number of benzene rings is 2. The van der Waals surface area contributed by atoms with Gasteiger partial charge in [-0.05, 0) is 62.6 Å². The van der Waals surface area contributed by atoms with Crippen LogP contribution in [-0.4, -0.2) is 36.6 Å². The van der Waals surface area contributed by atoms with Crippen molar-refractivity contribution in [3.05, 3.63) is 74.4 Å². The predicted octanol–water partition coefficient (Wildman–Crippen LogP) is 2.70. The first-order valence-corrected chi connectivity index (χ1v) is 12.1. The Balaban J connectivity index is 1.82. The van der Waals surface area contributed by atoms with Crippen LogP contribution in [0.5, 0.6) is 0 Å². The Bertz CT molecular complexity index is 1580. The number of carbonyl (C=O) groups excluding carboxylic acids is 2. The topological polar surface area (TPSA) is 120 Å². The molecule has 0 bridgehead atoms. The predicted molar refractivity (Wildman–Crippen MR) is 139 cm³/mol. The van der Waals surface area contributed by atoms with Crippen LogP contribution in [0.1, 0.15) is 49.5 Å². The molecule has 1 unspecified atom stereocenters. The van der Waals surface area contributed by atoms with Crippen molar-refractivity contribution in [2.75, 3.05) is 5.32 Å². The zero-order valence-corrected chi connectivity index (χ0v) is 20.9. The summed E-state index contributed by atoms with van der Waals surface area (Å²) in [4.78, 5) is 52.1. The van der Waals surface area contributed by atoms with Gasteiger partial charge in [-0.25, -0.2) is 13.9 Å². The summed E-state index contributed by atoms with van der Waals surface area (Å²) in [5.74, 6) is -0.592. The first kappa shape index (κ1) is 24.9. The number of rotatable bonds is 8. The largest absolute Gasteiger partial charge is 0.352 e. The molecular weight excluding hydrogens is 460 g/mol. The Kier molecular flexibility index (Phi) is 7.05. The fourth-order valence-electron chi connectivity index (χ4n) is 4.05. The standard InChI is InChI=1S/C26H30N6O4/c1-5-12-30-24(35)20-11-10-18(23(34)27-17(4)6-2)14-21(20)32-25(30)29-31(26(32)36)15-22(33)28-19-9-7-8-16(3)13-19/h7-11,13-14,17H,5-6,12,15H2,1-4H3,(H,27,34)(H,28,33). The van der Waals surface area contributed by atoms with Gasteiger partial charge in [-0.3, -0.25) is 19.0 Å². The molecule has 0 spiro atoms. The van der Waals surface area contributed by atoms with Crippen molar-refractivity contribution in [3.63, 3.8) is 0 Å². The average molecular weight is 491 g/mol. The van der Waals surface area contributed by atoms with Crippen molar-refractivity contribution < 1.29 is 9.59 Å². The summed E-state index contributed by atoms with van der Waals surface area (Å²) < 4.78 is 3.77. The van der Waals surface area contributed by atoms with Crippen LogP contribution < -0.4 is 21.9 Å². The number of nitrogens with zero attached hydrogens (tertiary/aromatic N) is 4. The zero-order valence-electron chi connectivity index (χ0n) is 20.9.